The predicted octanol–water partition coefficient (Wildman–Crippen LogP) is 3.10. The van der Waals surface area contributed by atoms with E-state index in [1.807, 2.05) is 62.4 Å². The van der Waals surface area contributed by atoms with Crippen LogP contribution in [0.5, 0.6) is 0 Å². The number of para-hydroxylation sites is 1. The fourth-order valence-electron chi connectivity index (χ4n) is 6.51. The van der Waals surface area contributed by atoms with Crippen LogP contribution in [0.2, 0.25) is 0 Å². The van der Waals surface area contributed by atoms with Crippen molar-refractivity contribution in [3.8, 4) is 0 Å². The van der Waals surface area contributed by atoms with Gasteiger partial charge in [-0.3, -0.25) is 14.4 Å². The summed E-state index contributed by atoms with van der Waals surface area (Å²) in [5, 5.41) is 16.3. The van der Waals surface area contributed by atoms with Gasteiger partial charge in [0, 0.05) is 17.1 Å². The van der Waals surface area contributed by atoms with Crippen LogP contribution in [0.3, 0.4) is 0 Å². The van der Waals surface area contributed by atoms with Crippen LogP contribution in [0.15, 0.2) is 60.7 Å². The fraction of sp³-hybridized carbons (Fsp3) is 0.483. The predicted molar refractivity (Wildman–Crippen MR) is 146 cm³/mol. The van der Waals surface area contributed by atoms with Crippen molar-refractivity contribution in [1.29, 1.82) is 0 Å². The van der Waals surface area contributed by atoms with Gasteiger partial charge in [0.2, 0.25) is 17.7 Å². The lowest BCUT2D eigenvalue weighted by Gasteiger charge is -2.37. The summed E-state index contributed by atoms with van der Waals surface area (Å²) in [6.45, 7) is 4.04. The van der Waals surface area contributed by atoms with E-state index < -0.39 is 35.6 Å². The van der Waals surface area contributed by atoms with E-state index in [4.69, 9.17) is 4.74 Å². The molecule has 3 amide bonds. The largest absolute Gasteiger partial charge is 0.394 e. The van der Waals surface area contributed by atoms with Crippen molar-refractivity contribution in [2.75, 3.05) is 11.9 Å². The van der Waals surface area contributed by atoms with Crippen LogP contribution in [-0.2, 0) is 25.7 Å². The third kappa shape index (κ3) is 4.65. The third-order valence-electron chi connectivity index (χ3n) is 7.98. The Labute approximate surface area is 231 Å². The molecule has 3 fully saturated rings. The van der Waals surface area contributed by atoms with Crippen LogP contribution in [0.4, 0.5) is 5.69 Å². The van der Waals surface area contributed by atoms with Gasteiger partial charge in [-0.15, -0.1) is 0 Å². The summed E-state index contributed by atoms with van der Waals surface area (Å²) in [5.74, 6) is -2.35. The highest BCUT2D eigenvalue weighted by atomic mass is 79.9. The Morgan fingerprint density at radius 1 is 1.11 bits per heavy atom. The molecule has 0 aromatic heterocycles. The summed E-state index contributed by atoms with van der Waals surface area (Å²) in [6, 6.07) is 17.1. The molecule has 2 aromatic carbocycles. The number of alkyl halides is 1. The van der Waals surface area contributed by atoms with Gasteiger partial charge in [0.1, 0.15) is 11.6 Å². The maximum absolute atomic E-state index is 14.2. The van der Waals surface area contributed by atoms with E-state index in [2.05, 4.69) is 26.6 Å². The summed E-state index contributed by atoms with van der Waals surface area (Å²) in [7, 11) is 0. The number of carbonyl (C=O) groups is 3. The molecule has 7 atom stereocenters. The number of amides is 3. The van der Waals surface area contributed by atoms with Crippen molar-refractivity contribution < 1.29 is 24.2 Å². The molecule has 3 unspecified atom stereocenters. The molecule has 0 radical (unpaired) electrons. The van der Waals surface area contributed by atoms with Gasteiger partial charge in [-0.25, -0.2) is 0 Å². The van der Waals surface area contributed by atoms with Crippen LogP contribution in [0, 0.1) is 17.8 Å². The van der Waals surface area contributed by atoms with Crippen molar-refractivity contribution in [1.82, 2.24) is 10.2 Å². The zero-order valence-electron chi connectivity index (χ0n) is 21.5. The van der Waals surface area contributed by atoms with Crippen LogP contribution in [0.1, 0.15) is 32.3 Å². The Morgan fingerprint density at radius 3 is 2.39 bits per heavy atom. The molecule has 3 aliphatic rings. The van der Waals surface area contributed by atoms with Crippen molar-refractivity contribution in [3.63, 3.8) is 0 Å². The van der Waals surface area contributed by atoms with Gasteiger partial charge in [0.25, 0.3) is 0 Å². The zero-order chi connectivity index (χ0) is 27.0. The Morgan fingerprint density at radius 2 is 1.76 bits per heavy atom. The first-order valence-corrected chi connectivity index (χ1v) is 14.1. The number of hydrogen-bond acceptors (Lipinski definition) is 5. The van der Waals surface area contributed by atoms with Crippen LogP contribution < -0.4 is 10.6 Å². The number of benzene rings is 2. The molecular formula is C29H34BrN3O5. The average Bonchev–Trinajstić information content (AvgIpc) is 3.50. The third-order valence-corrected chi connectivity index (χ3v) is 8.82. The monoisotopic (exact) mass is 583 g/mol. The molecule has 3 heterocycles. The van der Waals surface area contributed by atoms with Gasteiger partial charge in [-0.05, 0) is 36.5 Å². The first-order chi connectivity index (χ1) is 18.3. The minimum atomic E-state index is -1.17. The van der Waals surface area contributed by atoms with E-state index in [1.165, 1.54) is 4.90 Å². The molecule has 5 rings (SSSR count). The molecule has 0 aliphatic carbocycles. The number of nitrogens with one attached hydrogen (secondary N) is 2. The number of fused-ring (bicyclic) bond motifs is 1. The second-order valence-corrected chi connectivity index (χ2v) is 12.1. The summed E-state index contributed by atoms with van der Waals surface area (Å²) in [5.41, 5.74) is 0.398. The maximum atomic E-state index is 14.2. The van der Waals surface area contributed by atoms with Crippen molar-refractivity contribution in [2.45, 2.75) is 61.8 Å². The molecule has 0 saturated carbocycles. The number of ether oxygens (including phenoxy) is 1. The van der Waals surface area contributed by atoms with E-state index in [0.29, 0.717) is 25.1 Å². The van der Waals surface area contributed by atoms with Crippen LogP contribution in [-0.4, -0.2) is 63.0 Å². The highest BCUT2D eigenvalue weighted by molar-refractivity contribution is 9.09. The van der Waals surface area contributed by atoms with Crippen molar-refractivity contribution in [3.05, 3.63) is 66.2 Å². The Hall–Kier alpha value is -2.75. The van der Waals surface area contributed by atoms with E-state index in [1.54, 1.807) is 12.1 Å². The van der Waals surface area contributed by atoms with Crippen molar-refractivity contribution >= 4 is 39.3 Å². The number of hydrogen-bond donors (Lipinski definition) is 3. The lowest BCUT2D eigenvalue weighted by molar-refractivity contribution is -0.145. The Kier molecular flexibility index (Phi) is 7.62. The smallest absolute Gasteiger partial charge is 0.246 e. The van der Waals surface area contributed by atoms with E-state index >= 15 is 0 Å². The van der Waals surface area contributed by atoms with Gasteiger partial charge in [-0.2, -0.15) is 0 Å². The molecule has 1 spiro atoms. The van der Waals surface area contributed by atoms with Gasteiger partial charge < -0.3 is 25.4 Å². The second-order valence-electron chi connectivity index (χ2n) is 10.9. The number of carbonyl (C=O) groups excluding carboxylic acids is 3. The summed E-state index contributed by atoms with van der Waals surface area (Å²) in [4.78, 5) is 43.0. The minimum Gasteiger partial charge on any atom is -0.394 e. The second kappa shape index (κ2) is 10.8. The van der Waals surface area contributed by atoms with Gasteiger partial charge >= 0.3 is 0 Å². The van der Waals surface area contributed by atoms with Crippen molar-refractivity contribution in [2.24, 2.45) is 17.8 Å². The number of aliphatic hydroxyl groups excluding tert-OH is 1. The zero-order valence-corrected chi connectivity index (χ0v) is 23.1. The van der Waals surface area contributed by atoms with Gasteiger partial charge in [-0.1, -0.05) is 78.3 Å². The standard InChI is InChI=1S/C29H34BrN3O5/c1-17(2)13-20(16-34)33-25(27(36)31-15-18-9-5-3-6-10-18)29-14-21(30)24(38-29)22(23(29)28(33)37)26(35)32-19-11-7-4-8-12-19/h3-12,17,20-25,34H,13-16H2,1-2H3,(H,31,36)(H,32,35)/t20-,21?,22-,23+,24-,25?,29?/m1/s1. The van der Waals surface area contributed by atoms with E-state index in [0.717, 1.165) is 5.56 Å². The number of aliphatic hydroxyl groups is 1. The van der Waals surface area contributed by atoms with Crippen LogP contribution >= 0.6 is 15.9 Å². The molecule has 202 valence electrons. The molecule has 3 aliphatic heterocycles. The molecule has 2 aromatic rings. The first-order valence-electron chi connectivity index (χ1n) is 13.2. The summed E-state index contributed by atoms with van der Waals surface area (Å²) >= 11 is 3.69. The molecule has 8 nitrogen and oxygen atoms in total. The Bertz CT molecular complexity index is 1180. The highest BCUT2D eigenvalue weighted by Crippen LogP contribution is 2.60. The first kappa shape index (κ1) is 26.8. The molecule has 38 heavy (non-hydrogen) atoms. The van der Waals surface area contributed by atoms with Crippen LogP contribution in [0.25, 0.3) is 0 Å². The average molecular weight is 585 g/mol. The number of halogens is 1. The fourth-order valence-corrected chi connectivity index (χ4v) is 7.45. The lowest BCUT2D eigenvalue weighted by Crippen LogP contribution is -2.58. The normalized spacial score (nSPS) is 30.4. The number of likely N-dealkylation sites (tertiary alicyclic amines) is 1. The molecule has 3 N–H and O–H groups in total. The topological polar surface area (TPSA) is 108 Å². The number of nitrogens with zero attached hydrogens (tertiary/aromatic N) is 1. The maximum Gasteiger partial charge on any atom is 0.246 e. The molecule has 2 bridgehead atoms. The van der Waals surface area contributed by atoms with Gasteiger partial charge in [0.05, 0.1) is 30.6 Å². The summed E-state index contributed by atoms with van der Waals surface area (Å²) in [6.07, 6.45) is 0.398. The minimum absolute atomic E-state index is 0.185. The number of anilines is 1. The van der Waals surface area contributed by atoms with Gasteiger partial charge in [0.15, 0.2) is 0 Å². The quantitative estimate of drug-likeness (QED) is 0.393. The molecular weight excluding hydrogens is 550 g/mol. The highest BCUT2D eigenvalue weighted by Gasteiger charge is 2.77. The summed E-state index contributed by atoms with van der Waals surface area (Å²) < 4.78 is 6.54. The molecule has 3 saturated heterocycles. The van der Waals surface area contributed by atoms with E-state index in [-0.39, 0.29) is 35.1 Å². The SMILES string of the molecule is CC(C)C[C@H](CO)N1C(=O)[C@@H]2[C@@H](C(=O)Nc3ccccc3)[C@@H]3OC2(CC3Br)C1C(=O)NCc1ccccc1. The Balaban J connectivity index is 1.50. The molecule has 9 heteroatoms. The lowest BCUT2D eigenvalue weighted by atomic mass is 9.70. The number of rotatable bonds is 9. The van der Waals surface area contributed by atoms with E-state index in [9.17, 15) is 19.5 Å².